The van der Waals surface area contributed by atoms with Gasteiger partial charge in [0.2, 0.25) is 0 Å². The molecule has 0 aliphatic carbocycles. The Hall–Kier alpha value is -1.67. The van der Waals surface area contributed by atoms with Gasteiger partial charge in [0.1, 0.15) is 0 Å². The van der Waals surface area contributed by atoms with E-state index in [1.807, 2.05) is 6.07 Å². The van der Waals surface area contributed by atoms with Crippen LogP contribution in [0.15, 0.2) is 56.9 Å². The highest BCUT2D eigenvalue weighted by molar-refractivity contribution is 9.10. The van der Waals surface area contributed by atoms with Crippen molar-refractivity contribution < 1.29 is 9.53 Å². The minimum absolute atomic E-state index is 0.0555. The molecule has 27 heavy (non-hydrogen) atoms. The number of benzene rings is 2. The molecule has 0 amide bonds. The van der Waals surface area contributed by atoms with E-state index in [0.29, 0.717) is 39.8 Å². The molecule has 0 bridgehead atoms. The fourth-order valence-corrected chi connectivity index (χ4v) is 3.92. The van der Waals surface area contributed by atoms with Gasteiger partial charge in [0.25, 0.3) is 5.56 Å². The van der Waals surface area contributed by atoms with Crippen LogP contribution in [0.25, 0.3) is 10.9 Å². The lowest BCUT2D eigenvalue weighted by Gasteiger charge is -2.12. The van der Waals surface area contributed by atoms with E-state index >= 15 is 0 Å². The Balaban J connectivity index is 1.92. The van der Waals surface area contributed by atoms with Gasteiger partial charge in [-0.15, -0.1) is 0 Å². The maximum absolute atomic E-state index is 12.9. The van der Waals surface area contributed by atoms with Crippen molar-refractivity contribution >= 4 is 56.0 Å². The average molecular weight is 468 g/mol. The molecule has 2 aromatic carbocycles. The first kappa shape index (κ1) is 20.1. The number of ether oxygens (including phenoxy) is 1. The summed E-state index contributed by atoms with van der Waals surface area (Å²) in [5, 5.41) is 1.60. The summed E-state index contributed by atoms with van der Waals surface area (Å²) in [6.07, 6.45) is 0. The molecular weight excluding hydrogens is 452 g/mol. The molecule has 0 spiro atoms. The predicted octanol–water partition coefficient (Wildman–Crippen LogP) is 4.43. The standard InChI is InChI=1S/C19H16BrClN2O3S/c1-26-9-8-23-18(25)15-10-13(20)4-7-16(15)22-19(23)27-11-17(24)12-2-5-14(21)6-3-12/h2-7,10H,8-9,11H2,1H3. The quantitative estimate of drug-likeness (QED) is 0.292. The van der Waals surface area contributed by atoms with Gasteiger partial charge in [0.05, 0.1) is 29.8 Å². The topological polar surface area (TPSA) is 61.2 Å². The van der Waals surface area contributed by atoms with Crippen LogP contribution in [0.5, 0.6) is 0 Å². The maximum atomic E-state index is 12.9. The van der Waals surface area contributed by atoms with Gasteiger partial charge in [-0.3, -0.25) is 14.2 Å². The minimum Gasteiger partial charge on any atom is -0.383 e. The summed E-state index contributed by atoms with van der Waals surface area (Å²) in [5.41, 5.74) is 1.01. The molecule has 0 radical (unpaired) electrons. The van der Waals surface area contributed by atoms with E-state index in [1.165, 1.54) is 11.8 Å². The van der Waals surface area contributed by atoms with Gasteiger partial charge in [-0.1, -0.05) is 39.3 Å². The number of methoxy groups -OCH3 is 1. The lowest BCUT2D eigenvalue weighted by atomic mass is 10.1. The van der Waals surface area contributed by atoms with Crippen LogP contribution in [-0.2, 0) is 11.3 Å². The summed E-state index contributed by atoms with van der Waals surface area (Å²) in [5.74, 6) is 0.114. The Morgan fingerprint density at radius 1 is 1.26 bits per heavy atom. The molecule has 0 aliphatic heterocycles. The van der Waals surface area contributed by atoms with E-state index in [2.05, 4.69) is 20.9 Å². The minimum atomic E-state index is -0.153. The molecule has 8 heteroatoms. The number of nitrogens with zero attached hydrogens (tertiary/aromatic N) is 2. The Bertz CT molecular complexity index is 1040. The van der Waals surface area contributed by atoms with Gasteiger partial charge in [-0.25, -0.2) is 4.98 Å². The summed E-state index contributed by atoms with van der Waals surface area (Å²) >= 11 is 10.5. The predicted molar refractivity (Wildman–Crippen MR) is 112 cm³/mol. The number of hydrogen-bond acceptors (Lipinski definition) is 5. The number of Topliss-reactive ketones (excluding diaryl/α,β-unsaturated/α-hetero) is 1. The van der Waals surface area contributed by atoms with Crippen molar-refractivity contribution in [1.29, 1.82) is 0 Å². The summed E-state index contributed by atoms with van der Waals surface area (Å²) in [7, 11) is 1.58. The van der Waals surface area contributed by atoms with Crippen molar-refractivity contribution in [1.82, 2.24) is 9.55 Å². The van der Waals surface area contributed by atoms with E-state index in [-0.39, 0.29) is 17.1 Å². The Kier molecular flexibility index (Phi) is 6.70. The first-order chi connectivity index (χ1) is 13.0. The van der Waals surface area contributed by atoms with Gasteiger partial charge in [0, 0.05) is 22.2 Å². The highest BCUT2D eigenvalue weighted by Gasteiger charge is 2.14. The van der Waals surface area contributed by atoms with E-state index in [0.717, 1.165) is 4.47 Å². The first-order valence-electron chi connectivity index (χ1n) is 8.10. The SMILES string of the molecule is COCCn1c(SCC(=O)c2ccc(Cl)cc2)nc2ccc(Br)cc2c1=O. The Morgan fingerprint density at radius 3 is 2.70 bits per heavy atom. The summed E-state index contributed by atoms with van der Waals surface area (Å²) < 4.78 is 7.48. The lowest BCUT2D eigenvalue weighted by molar-refractivity contribution is 0.102. The molecule has 0 saturated heterocycles. The van der Waals surface area contributed by atoms with Crippen molar-refractivity contribution in [3.8, 4) is 0 Å². The van der Waals surface area contributed by atoms with Gasteiger partial charge in [0.15, 0.2) is 10.9 Å². The van der Waals surface area contributed by atoms with E-state index in [4.69, 9.17) is 16.3 Å². The maximum Gasteiger partial charge on any atom is 0.262 e. The number of aromatic nitrogens is 2. The number of thioether (sulfide) groups is 1. The molecule has 3 aromatic rings. The van der Waals surface area contributed by atoms with Crippen LogP contribution in [0.4, 0.5) is 0 Å². The molecule has 0 N–H and O–H groups in total. The summed E-state index contributed by atoms with van der Waals surface area (Å²) in [6.45, 7) is 0.738. The Morgan fingerprint density at radius 2 is 2.00 bits per heavy atom. The number of halogens is 2. The van der Waals surface area contributed by atoms with Crippen LogP contribution in [0.1, 0.15) is 10.4 Å². The van der Waals surface area contributed by atoms with Gasteiger partial charge in [-0.2, -0.15) is 0 Å². The zero-order chi connectivity index (χ0) is 19.4. The van der Waals surface area contributed by atoms with Crippen LogP contribution in [0.2, 0.25) is 5.02 Å². The highest BCUT2D eigenvalue weighted by Crippen LogP contribution is 2.22. The second-order valence-corrected chi connectivity index (χ2v) is 8.02. The van der Waals surface area contributed by atoms with Crippen molar-refractivity contribution in [3.63, 3.8) is 0 Å². The van der Waals surface area contributed by atoms with Crippen molar-refractivity contribution in [2.45, 2.75) is 11.7 Å². The fraction of sp³-hybridized carbons (Fsp3) is 0.211. The van der Waals surface area contributed by atoms with Crippen molar-refractivity contribution in [2.75, 3.05) is 19.5 Å². The second kappa shape index (κ2) is 9.01. The molecule has 0 saturated carbocycles. The number of carbonyl (C=O) groups is 1. The highest BCUT2D eigenvalue weighted by atomic mass is 79.9. The number of ketones is 1. The molecule has 1 heterocycles. The lowest BCUT2D eigenvalue weighted by Crippen LogP contribution is -2.25. The molecule has 0 fully saturated rings. The summed E-state index contributed by atoms with van der Waals surface area (Å²) in [6, 6.07) is 12.1. The average Bonchev–Trinajstić information content (AvgIpc) is 2.66. The van der Waals surface area contributed by atoms with Crippen molar-refractivity contribution in [2.24, 2.45) is 0 Å². The van der Waals surface area contributed by atoms with E-state index < -0.39 is 0 Å². The van der Waals surface area contributed by atoms with Crippen LogP contribution in [-0.4, -0.2) is 34.8 Å². The number of hydrogen-bond donors (Lipinski definition) is 0. The smallest absolute Gasteiger partial charge is 0.262 e. The number of carbonyl (C=O) groups excluding carboxylic acids is 1. The summed E-state index contributed by atoms with van der Waals surface area (Å²) in [4.78, 5) is 29.9. The largest absolute Gasteiger partial charge is 0.383 e. The zero-order valence-electron chi connectivity index (χ0n) is 14.4. The third kappa shape index (κ3) is 4.79. The molecule has 5 nitrogen and oxygen atoms in total. The van der Waals surface area contributed by atoms with Crippen LogP contribution >= 0.6 is 39.3 Å². The Labute approximate surface area is 173 Å². The third-order valence-corrected chi connectivity index (χ3v) is 5.62. The molecule has 140 valence electrons. The zero-order valence-corrected chi connectivity index (χ0v) is 17.6. The normalized spacial score (nSPS) is 11.1. The molecule has 0 unspecified atom stereocenters. The van der Waals surface area contributed by atoms with E-state index in [9.17, 15) is 9.59 Å². The molecular formula is C19H16BrClN2O3S. The van der Waals surface area contributed by atoms with Crippen molar-refractivity contribution in [3.05, 3.63) is 67.9 Å². The third-order valence-electron chi connectivity index (χ3n) is 3.90. The van der Waals surface area contributed by atoms with Gasteiger partial charge >= 0.3 is 0 Å². The first-order valence-corrected chi connectivity index (χ1v) is 10.3. The van der Waals surface area contributed by atoms with Crippen LogP contribution in [0.3, 0.4) is 0 Å². The molecule has 3 rings (SSSR count). The van der Waals surface area contributed by atoms with Gasteiger partial charge < -0.3 is 4.74 Å². The molecule has 0 aliphatic rings. The molecule has 0 atom stereocenters. The van der Waals surface area contributed by atoms with E-state index in [1.54, 1.807) is 48.1 Å². The number of rotatable bonds is 7. The molecule has 1 aromatic heterocycles. The monoisotopic (exact) mass is 466 g/mol. The van der Waals surface area contributed by atoms with Crippen LogP contribution in [0, 0.1) is 0 Å². The fourth-order valence-electron chi connectivity index (χ4n) is 2.51. The van der Waals surface area contributed by atoms with Gasteiger partial charge in [-0.05, 0) is 42.5 Å². The second-order valence-electron chi connectivity index (χ2n) is 5.72. The number of fused-ring (bicyclic) bond motifs is 1. The van der Waals surface area contributed by atoms with Crippen LogP contribution < -0.4 is 5.56 Å².